The SMILES string of the molecule is CC(=O)c1cccc(NC(=O)[C@@H](Oc2cc(F)ccc2[N+](=O)[O-])c2ccccc2)c1. The van der Waals surface area contributed by atoms with Gasteiger partial charge in [0.1, 0.15) is 5.82 Å². The summed E-state index contributed by atoms with van der Waals surface area (Å²) in [6, 6.07) is 17.4. The molecule has 0 aliphatic rings. The Hall–Kier alpha value is -4.07. The van der Waals surface area contributed by atoms with E-state index in [0.29, 0.717) is 16.8 Å². The number of ketones is 1. The Morgan fingerprint density at radius 3 is 2.43 bits per heavy atom. The van der Waals surface area contributed by atoms with Gasteiger partial charge in [-0.25, -0.2) is 4.39 Å². The zero-order valence-electron chi connectivity index (χ0n) is 15.9. The second-order valence-electron chi connectivity index (χ2n) is 6.40. The van der Waals surface area contributed by atoms with Gasteiger partial charge in [-0.3, -0.25) is 19.7 Å². The lowest BCUT2D eigenvalue weighted by atomic mass is 10.1. The number of nitrogens with one attached hydrogen (secondary N) is 1. The number of nitro benzene ring substituents is 1. The number of nitrogens with zero attached hydrogens (tertiary/aromatic N) is 1. The minimum atomic E-state index is -1.30. The average Bonchev–Trinajstić information content (AvgIpc) is 2.72. The van der Waals surface area contributed by atoms with Crippen molar-refractivity contribution < 1.29 is 23.6 Å². The molecule has 1 N–H and O–H groups in total. The van der Waals surface area contributed by atoms with E-state index in [9.17, 15) is 24.1 Å². The van der Waals surface area contributed by atoms with Crippen LogP contribution in [0.2, 0.25) is 0 Å². The minimum Gasteiger partial charge on any atom is -0.468 e. The summed E-state index contributed by atoms with van der Waals surface area (Å²) in [7, 11) is 0. The third-order valence-corrected chi connectivity index (χ3v) is 4.24. The number of benzene rings is 3. The molecule has 0 aromatic heterocycles. The van der Waals surface area contributed by atoms with Crippen molar-refractivity contribution in [3.05, 3.63) is 99.9 Å². The Balaban J connectivity index is 1.95. The van der Waals surface area contributed by atoms with Crippen LogP contribution in [0.25, 0.3) is 0 Å². The summed E-state index contributed by atoms with van der Waals surface area (Å²) in [6.07, 6.45) is -1.30. The summed E-state index contributed by atoms with van der Waals surface area (Å²) in [6.45, 7) is 1.40. The van der Waals surface area contributed by atoms with Crippen molar-refractivity contribution in [1.29, 1.82) is 0 Å². The molecule has 0 saturated heterocycles. The molecule has 3 aromatic carbocycles. The Morgan fingerprint density at radius 1 is 1.03 bits per heavy atom. The van der Waals surface area contributed by atoms with E-state index in [-0.39, 0.29) is 11.5 Å². The molecule has 0 saturated carbocycles. The Bertz CT molecular complexity index is 1100. The Morgan fingerprint density at radius 2 is 1.77 bits per heavy atom. The van der Waals surface area contributed by atoms with Crippen LogP contribution >= 0.6 is 0 Å². The van der Waals surface area contributed by atoms with Gasteiger partial charge in [0.15, 0.2) is 5.78 Å². The normalized spacial score (nSPS) is 11.4. The van der Waals surface area contributed by atoms with Crippen LogP contribution in [0.4, 0.5) is 15.8 Å². The molecule has 152 valence electrons. The number of carbonyl (C=O) groups is 2. The van der Waals surface area contributed by atoms with Crippen LogP contribution in [0.3, 0.4) is 0 Å². The van der Waals surface area contributed by atoms with Gasteiger partial charge in [0, 0.05) is 28.9 Å². The second kappa shape index (κ2) is 8.95. The molecule has 0 aliphatic carbocycles. The van der Waals surface area contributed by atoms with Crippen LogP contribution in [0.1, 0.15) is 28.9 Å². The van der Waals surface area contributed by atoms with Gasteiger partial charge < -0.3 is 10.1 Å². The van der Waals surface area contributed by atoms with Crippen molar-refractivity contribution in [1.82, 2.24) is 0 Å². The maximum atomic E-state index is 13.7. The van der Waals surface area contributed by atoms with Gasteiger partial charge in [-0.05, 0) is 25.1 Å². The van der Waals surface area contributed by atoms with Gasteiger partial charge in [0.2, 0.25) is 11.9 Å². The molecule has 0 heterocycles. The number of Topliss-reactive ketones (excluding diaryl/α,β-unsaturated/α-hetero) is 1. The molecule has 1 amide bonds. The van der Waals surface area contributed by atoms with Gasteiger partial charge in [-0.15, -0.1) is 0 Å². The third kappa shape index (κ3) is 4.85. The highest BCUT2D eigenvalue weighted by atomic mass is 19.1. The maximum Gasteiger partial charge on any atom is 0.311 e. The van der Waals surface area contributed by atoms with E-state index >= 15 is 0 Å². The predicted molar refractivity (Wildman–Crippen MR) is 108 cm³/mol. The molecule has 1 atom stereocenters. The standard InChI is InChI=1S/C22H17FN2O5/c1-14(26)16-8-5-9-18(12-16)24-22(27)21(15-6-3-2-4-7-15)30-20-13-17(23)10-11-19(20)25(28)29/h2-13,21H,1H3,(H,24,27)/t21-/m0/s1. The van der Waals surface area contributed by atoms with E-state index < -0.39 is 28.4 Å². The number of carbonyl (C=O) groups excluding carboxylic acids is 2. The summed E-state index contributed by atoms with van der Waals surface area (Å²) >= 11 is 0. The van der Waals surface area contributed by atoms with Crippen molar-refractivity contribution in [3.8, 4) is 5.75 Å². The molecule has 0 unspecified atom stereocenters. The molecule has 0 fully saturated rings. The monoisotopic (exact) mass is 408 g/mol. The number of halogens is 1. The molecule has 0 aliphatic heterocycles. The number of ether oxygens (including phenoxy) is 1. The highest BCUT2D eigenvalue weighted by molar-refractivity contribution is 5.98. The van der Waals surface area contributed by atoms with Crippen molar-refractivity contribution in [2.24, 2.45) is 0 Å². The molecular weight excluding hydrogens is 391 g/mol. The lowest BCUT2D eigenvalue weighted by Gasteiger charge is -2.19. The molecule has 0 bridgehead atoms. The van der Waals surface area contributed by atoms with Crippen molar-refractivity contribution >= 4 is 23.1 Å². The summed E-state index contributed by atoms with van der Waals surface area (Å²) in [4.78, 5) is 35.1. The Labute approximate surface area is 171 Å². The van der Waals surface area contributed by atoms with E-state index in [1.807, 2.05) is 0 Å². The van der Waals surface area contributed by atoms with Gasteiger partial charge in [-0.1, -0.05) is 42.5 Å². The lowest BCUT2D eigenvalue weighted by Crippen LogP contribution is -2.26. The van der Waals surface area contributed by atoms with Gasteiger partial charge in [0.05, 0.1) is 4.92 Å². The molecule has 8 heteroatoms. The number of nitro groups is 1. The summed E-state index contributed by atoms with van der Waals surface area (Å²) in [5.41, 5.74) is 0.705. The van der Waals surface area contributed by atoms with Crippen LogP contribution in [0.5, 0.6) is 5.75 Å². The second-order valence-corrected chi connectivity index (χ2v) is 6.40. The van der Waals surface area contributed by atoms with E-state index in [0.717, 1.165) is 18.2 Å². The first-order valence-electron chi connectivity index (χ1n) is 8.92. The quantitative estimate of drug-likeness (QED) is 0.347. The highest BCUT2D eigenvalue weighted by Crippen LogP contribution is 2.32. The zero-order chi connectivity index (χ0) is 21.7. The third-order valence-electron chi connectivity index (χ3n) is 4.24. The van der Waals surface area contributed by atoms with Crippen molar-refractivity contribution in [2.45, 2.75) is 13.0 Å². The first-order valence-corrected chi connectivity index (χ1v) is 8.92. The highest BCUT2D eigenvalue weighted by Gasteiger charge is 2.27. The molecule has 3 rings (SSSR count). The fourth-order valence-electron chi connectivity index (χ4n) is 2.78. The van der Waals surface area contributed by atoms with Crippen LogP contribution in [-0.2, 0) is 4.79 Å². The molecule has 30 heavy (non-hydrogen) atoms. The van der Waals surface area contributed by atoms with E-state index in [2.05, 4.69) is 5.32 Å². The fraction of sp³-hybridized carbons (Fsp3) is 0.0909. The number of anilines is 1. The van der Waals surface area contributed by atoms with Crippen molar-refractivity contribution in [2.75, 3.05) is 5.32 Å². The predicted octanol–water partition coefficient (Wildman–Crippen LogP) is 4.70. The maximum absolute atomic E-state index is 13.7. The molecule has 0 spiro atoms. The molecule has 0 radical (unpaired) electrons. The Kier molecular flexibility index (Phi) is 6.17. The summed E-state index contributed by atoms with van der Waals surface area (Å²) < 4.78 is 19.3. The molecule has 7 nitrogen and oxygen atoms in total. The largest absolute Gasteiger partial charge is 0.468 e. The van der Waals surface area contributed by atoms with Gasteiger partial charge in [-0.2, -0.15) is 0 Å². The first-order chi connectivity index (χ1) is 14.3. The fourth-order valence-corrected chi connectivity index (χ4v) is 2.78. The average molecular weight is 408 g/mol. The number of rotatable bonds is 7. The van der Waals surface area contributed by atoms with Crippen LogP contribution in [-0.4, -0.2) is 16.6 Å². The zero-order valence-corrected chi connectivity index (χ0v) is 15.9. The molecular formula is C22H17FN2O5. The number of hydrogen-bond donors (Lipinski definition) is 1. The van der Waals surface area contributed by atoms with Gasteiger partial charge >= 0.3 is 5.69 Å². The van der Waals surface area contributed by atoms with Crippen molar-refractivity contribution in [3.63, 3.8) is 0 Å². The first kappa shape index (κ1) is 20.7. The van der Waals surface area contributed by atoms with Crippen LogP contribution in [0.15, 0.2) is 72.8 Å². The molecule has 3 aromatic rings. The minimum absolute atomic E-state index is 0.169. The van der Waals surface area contributed by atoms with Crippen LogP contribution in [0, 0.1) is 15.9 Å². The van der Waals surface area contributed by atoms with Crippen LogP contribution < -0.4 is 10.1 Å². The van der Waals surface area contributed by atoms with Gasteiger partial charge in [0.25, 0.3) is 5.91 Å². The number of amides is 1. The number of hydrogen-bond acceptors (Lipinski definition) is 5. The van der Waals surface area contributed by atoms with E-state index in [4.69, 9.17) is 4.74 Å². The summed E-state index contributed by atoms with van der Waals surface area (Å²) in [5.74, 6) is -1.92. The topological polar surface area (TPSA) is 98.5 Å². The lowest BCUT2D eigenvalue weighted by molar-refractivity contribution is -0.386. The summed E-state index contributed by atoms with van der Waals surface area (Å²) in [5, 5.41) is 13.9. The van der Waals surface area contributed by atoms with E-state index in [1.54, 1.807) is 48.5 Å². The smallest absolute Gasteiger partial charge is 0.311 e. The van der Waals surface area contributed by atoms with E-state index in [1.165, 1.54) is 13.0 Å².